The summed E-state index contributed by atoms with van der Waals surface area (Å²) in [7, 11) is -1.85. The van der Waals surface area contributed by atoms with E-state index in [4.69, 9.17) is 9.69 Å². The summed E-state index contributed by atoms with van der Waals surface area (Å²) < 4.78 is 6.53. The molecule has 2 rings (SSSR count). The van der Waals surface area contributed by atoms with Gasteiger partial charge in [0.15, 0.2) is 8.32 Å². The molecule has 0 atom stereocenters. The summed E-state index contributed by atoms with van der Waals surface area (Å²) >= 11 is 0. The minimum absolute atomic E-state index is 0.00193. The minimum Gasteiger partial charge on any atom is -0.411 e. The predicted molar refractivity (Wildman–Crippen MR) is 101 cm³/mol. The molecule has 1 N–H and O–H groups in total. The monoisotopic (exact) mass is 361 g/mol. The summed E-state index contributed by atoms with van der Waals surface area (Å²) in [6.45, 7) is 13.2. The van der Waals surface area contributed by atoms with Crippen molar-refractivity contribution in [2.24, 2.45) is 0 Å². The topological polar surface area (TPSA) is 88.2 Å². The molecule has 0 bridgehead atoms. The van der Waals surface area contributed by atoms with Crippen LogP contribution in [-0.2, 0) is 4.43 Å². The molecule has 0 heterocycles. The third kappa shape index (κ3) is 4.20. The molecule has 0 saturated heterocycles. The van der Waals surface area contributed by atoms with Crippen molar-refractivity contribution in [3.8, 4) is 6.07 Å². The number of rotatable bonds is 5. The first-order valence-electron chi connectivity index (χ1n) is 8.52. The zero-order chi connectivity index (χ0) is 19.0. The zero-order valence-corrected chi connectivity index (χ0v) is 16.8. The maximum Gasteiger partial charge on any atom is 0.292 e. The summed E-state index contributed by atoms with van der Waals surface area (Å²) in [4.78, 5) is 10.8. The molecule has 0 amide bonds. The first kappa shape index (κ1) is 19.4. The number of anilines is 1. The highest BCUT2D eigenvalue weighted by atomic mass is 28.4. The second kappa shape index (κ2) is 6.43. The Labute approximate surface area is 150 Å². The molecule has 0 radical (unpaired) electrons. The van der Waals surface area contributed by atoms with Crippen LogP contribution in [0, 0.1) is 21.4 Å². The molecule has 1 aromatic rings. The van der Waals surface area contributed by atoms with E-state index in [9.17, 15) is 10.1 Å². The highest BCUT2D eigenvalue weighted by Crippen LogP contribution is 2.46. The number of hydrogen-bond donors (Lipinski definition) is 1. The van der Waals surface area contributed by atoms with Crippen molar-refractivity contribution < 1.29 is 9.35 Å². The van der Waals surface area contributed by atoms with Gasteiger partial charge in [0.2, 0.25) is 0 Å². The van der Waals surface area contributed by atoms with Crippen molar-refractivity contribution in [3.05, 3.63) is 33.9 Å². The first-order chi connectivity index (χ1) is 11.4. The molecule has 1 fully saturated rings. The van der Waals surface area contributed by atoms with Crippen LogP contribution in [0.4, 0.5) is 11.4 Å². The number of benzene rings is 1. The third-order valence-corrected chi connectivity index (χ3v) is 9.96. The molecule has 0 spiro atoms. The second-order valence-electron chi connectivity index (χ2n) is 8.66. The van der Waals surface area contributed by atoms with Crippen LogP contribution in [0.15, 0.2) is 18.2 Å². The van der Waals surface area contributed by atoms with E-state index in [2.05, 4.69) is 46.1 Å². The lowest BCUT2D eigenvalue weighted by Crippen LogP contribution is -2.57. The Morgan fingerprint density at radius 2 is 2.00 bits per heavy atom. The van der Waals surface area contributed by atoms with Crippen LogP contribution >= 0.6 is 0 Å². The maximum absolute atomic E-state index is 11.2. The molecular weight excluding hydrogens is 334 g/mol. The Hall–Kier alpha value is -1.91. The van der Waals surface area contributed by atoms with E-state index in [0.717, 1.165) is 12.8 Å². The molecule has 1 aromatic carbocycles. The molecule has 0 aromatic heterocycles. The van der Waals surface area contributed by atoms with Crippen LogP contribution in [0.1, 0.15) is 46.1 Å². The fourth-order valence-corrected chi connectivity index (χ4v) is 4.74. The van der Waals surface area contributed by atoms with Crippen molar-refractivity contribution in [3.63, 3.8) is 0 Å². The van der Waals surface area contributed by atoms with Gasteiger partial charge in [-0.15, -0.1) is 0 Å². The number of nitro groups is 1. The van der Waals surface area contributed by atoms with E-state index in [0.29, 0.717) is 11.3 Å². The van der Waals surface area contributed by atoms with Gasteiger partial charge in [0.05, 0.1) is 22.2 Å². The van der Waals surface area contributed by atoms with Gasteiger partial charge < -0.3 is 9.74 Å². The predicted octanol–water partition coefficient (Wildman–Crippen LogP) is 4.82. The van der Waals surface area contributed by atoms with E-state index in [-0.39, 0.29) is 22.4 Å². The van der Waals surface area contributed by atoms with Gasteiger partial charge in [-0.1, -0.05) is 20.8 Å². The van der Waals surface area contributed by atoms with Crippen LogP contribution in [0.3, 0.4) is 0 Å². The molecule has 0 aliphatic heterocycles. The number of nitriles is 1. The Morgan fingerprint density at radius 1 is 1.40 bits per heavy atom. The lowest BCUT2D eigenvalue weighted by molar-refractivity contribution is -0.384. The van der Waals surface area contributed by atoms with Gasteiger partial charge >= 0.3 is 0 Å². The van der Waals surface area contributed by atoms with Crippen LogP contribution in [0.25, 0.3) is 0 Å². The molecule has 25 heavy (non-hydrogen) atoms. The molecule has 136 valence electrons. The van der Waals surface area contributed by atoms with Crippen molar-refractivity contribution in [1.29, 1.82) is 5.26 Å². The fraction of sp³-hybridized carbons (Fsp3) is 0.611. The van der Waals surface area contributed by atoms with Gasteiger partial charge in [-0.05, 0) is 50.0 Å². The van der Waals surface area contributed by atoms with Gasteiger partial charge in [0.25, 0.3) is 5.69 Å². The largest absolute Gasteiger partial charge is 0.411 e. The van der Waals surface area contributed by atoms with Crippen LogP contribution < -0.4 is 5.32 Å². The van der Waals surface area contributed by atoms with Crippen LogP contribution in [0.2, 0.25) is 18.1 Å². The van der Waals surface area contributed by atoms with E-state index in [1.165, 1.54) is 12.1 Å². The van der Waals surface area contributed by atoms with Gasteiger partial charge in [0.1, 0.15) is 5.69 Å². The molecule has 1 aliphatic rings. The van der Waals surface area contributed by atoms with E-state index >= 15 is 0 Å². The Bertz CT molecular complexity index is 713. The second-order valence-corrected chi connectivity index (χ2v) is 13.4. The molecule has 1 aliphatic carbocycles. The lowest BCUT2D eigenvalue weighted by Gasteiger charge is -2.52. The quantitative estimate of drug-likeness (QED) is 0.461. The molecule has 6 nitrogen and oxygen atoms in total. The number of nitro benzene ring substituents is 1. The molecule has 0 unspecified atom stereocenters. The maximum atomic E-state index is 11.2. The smallest absolute Gasteiger partial charge is 0.292 e. The summed E-state index contributed by atoms with van der Waals surface area (Å²) in [6, 6.07) is 6.53. The Morgan fingerprint density at radius 3 is 2.48 bits per heavy atom. The number of nitrogens with one attached hydrogen (secondary N) is 1. The first-order valence-corrected chi connectivity index (χ1v) is 11.4. The van der Waals surface area contributed by atoms with Crippen LogP contribution in [-0.4, -0.2) is 24.9 Å². The Balaban J connectivity index is 2.07. The van der Waals surface area contributed by atoms with E-state index in [1.54, 1.807) is 6.07 Å². The zero-order valence-electron chi connectivity index (χ0n) is 15.8. The molecule has 1 saturated carbocycles. The van der Waals surface area contributed by atoms with Gasteiger partial charge in [0, 0.05) is 12.1 Å². The SMILES string of the molecule is CC1(O[Si](C)(C)C(C)(C)C)CC(Nc2cc(C#N)ccc2[N+](=O)[O-])C1. The molecular formula is C18H27N3O3Si. The highest BCUT2D eigenvalue weighted by molar-refractivity contribution is 6.74. The summed E-state index contributed by atoms with van der Waals surface area (Å²) in [5.74, 6) is 0. The number of hydrogen-bond acceptors (Lipinski definition) is 5. The van der Waals surface area contributed by atoms with Gasteiger partial charge in [-0.2, -0.15) is 5.26 Å². The molecule has 7 heteroatoms. The fourth-order valence-electron chi connectivity index (χ4n) is 3.04. The van der Waals surface area contributed by atoms with Crippen molar-refractivity contribution >= 4 is 19.7 Å². The minimum atomic E-state index is -1.85. The van der Waals surface area contributed by atoms with E-state index < -0.39 is 13.2 Å². The standard InChI is InChI=1S/C18H27N3O3Si/c1-17(2,3)25(5,6)24-18(4)10-14(11-18)20-15-9-13(12-19)7-8-16(15)21(22)23/h7-9,14,20H,10-11H2,1-6H3. The highest BCUT2D eigenvalue weighted by Gasteiger charge is 2.49. The van der Waals surface area contributed by atoms with Crippen molar-refractivity contribution in [2.45, 2.75) is 70.3 Å². The van der Waals surface area contributed by atoms with Gasteiger partial charge in [-0.25, -0.2) is 0 Å². The average Bonchev–Trinajstić information content (AvgIpc) is 2.43. The average molecular weight is 362 g/mol. The normalized spacial score (nSPS) is 23.5. The summed E-state index contributed by atoms with van der Waals surface area (Å²) in [5, 5.41) is 23.6. The van der Waals surface area contributed by atoms with Crippen molar-refractivity contribution in [2.75, 3.05) is 5.32 Å². The lowest BCUT2D eigenvalue weighted by atomic mass is 9.77. The summed E-state index contributed by atoms with van der Waals surface area (Å²) in [6.07, 6.45) is 1.60. The third-order valence-electron chi connectivity index (χ3n) is 5.35. The Kier molecular flexibility index (Phi) is 4.99. The van der Waals surface area contributed by atoms with Gasteiger partial charge in [-0.3, -0.25) is 10.1 Å². The van der Waals surface area contributed by atoms with E-state index in [1.807, 2.05) is 6.07 Å². The van der Waals surface area contributed by atoms with Crippen molar-refractivity contribution in [1.82, 2.24) is 0 Å². The van der Waals surface area contributed by atoms with Crippen LogP contribution in [0.5, 0.6) is 0 Å². The number of nitrogens with zero attached hydrogens (tertiary/aromatic N) is 2. The summed E-state index contributed by atoms with van der Waals surface area (Å²) in [5.41, 5.74) is 0.622.